The summed E-state index contributed by atoms with van der Waals surface area (Å²) in [5, 5.41) is 3.09. The fourth-order valence-corrected chi connectivity index (χ4v) is 3.31. The average Bonchev–Trinajstić information content (AvgIpc) is 2.60. The molecular weight excluding hydrogens is 288 g/mol. The lowest BCUT2D eigenvalue weighted by Crippen LogP contribution is -2.14. The van der Waals surface area contributed by atoms with Gasteiger partial charge in [0, 0.05) is 12.0 Å². The Hall–Kier alpha value is -3.07. The van der Waals surface area contributed by atoms with Crippen LogP contribution in [0, 0.1) is 0 Å². The van der Waals surface area contributed by atoms with Gasteiger partial charge < -0.3 is 9.15 Å². The topological polar surface area (TPSA) is 39.4 Å². The van der Waals surface area contributed by atoms with Crippen molar-refractivity contribution in [1.82, 2.24) is 0 Å². The lowest BCUT2D eigenvalue weighted by molar-refractivity contribution is 0.449. The average molecular weight is 300 g/mol. The van der Waals surface area contributed by atoms with Gasteiger partial charge in [0.25, 0.3) is 0 Å². The summed E-state index contributed by atoms with van der Waals surface area (Å²) in [4.78, 5) is 12.4. The first-order chi connectivity index (χ1) is 11.3. The van der Waals surface area contributed by atoms with Crippen LogP contribution in [0.1, 0.15) is 11.1 Å². The molecule has 0 spiro atoms. The van der Waals surface area contributed by atoms with E-state index in [1.54, 1.807) is 6.07 Å². The molecule has 110 valence electrons. The largest absolute Gasteiger partial charge is 0.456 e. The minimum absolute atomic E-state index is 0.322. The van der Waals surface area contributed by atoms with E-state index in [-0.39, 0.29) is 5.63 Å². The normalized spacial score (nSPS) is 12.7. The molecule has 0 bridgehead atoms. The van der Waals surface area contributed by atoms with Gasteiger partial charge in [0.1, 0.15) is 17.1 Å². The first-order valence-electron chi connectivity index (χ1n) is 7.54. The van der Waals surface area contributed by atoms with Crippen molar-refractivity contribution in [3.8, 4) is 11.5 Å². The van der Waals surface area contributed by atoms with E-state index in [0.717, 1.165) is 27.5 Å². The summed E-state index contributed by atoms with van der Waals surface area (Å²) < 4.78 is 11.6. The molecule has 0 fully saturated rings. The molecule has 23 heavy (non-hydrogen) atoms. The highest BCUT2D eigenvalue weighted by molar-refractivity contribution is 5.91. The van der Waals surface area contributed by atoms with Gasteiger partial charge in [-0.3, -0.25) is 0 Å². The molecule has 3 heteroatoms. The highest BCUT2D eigenvalue weighted by atomic mass is 16.5. The van der Waals surface area contributed by atoms with Crippen LogP contribution in [0.15, 0.2) is 69.9 Å². The Balaban J connectivity index is 1.83. The van der Waals surface area contributed by atoms with Gasteiger partial charge >= 0.3 is 5.63 Å². The van der Waals surface area contributed by atoms with Gasteiger partial charge in [-0.1, -0.05) is 42.5 Å². The monoisotopic (exact) mass is 300 g/mol. The predicted molar refractivity (Wildman–Crippen MR) is 89.3 cm³/mol. The summed E-state index contributed by atoms with van der Waals surface area (Å²) in [6, 6.07) is 19.6. The molecule has 3 aromatic carbocycles. The molecule has 4 aromatic rings. The SMILES string of the molecule is O=c1oc2ccccc2c2c1Cc1c(ccc3ccccc13)O2. The van der Waals surface area contributed by atoms with Crippen molar-refractivity contribution in [2.45, 2.75) is 6.42 Å². The Morgan fingerprint density at radius 3 is 2.48 bits per heavy atom. The summed E-state index contributed by atoms with van der Waals surface area (Å²) >= 11 is 0. The second-order valence-corrected chi connectivity index (χ2v) is 5.74. The molecule has 1 aliphatic heterocycles. The van der Waals surface area contributed by atoms with Crippen molar-refractivity contribution in [1.29, 1.82) is 0 Å². The maximum atomic E-state index is 12.4. The van der Waals surface area contributed by atoms with Gasteiger partial charge in [-0.25, -0.2) is 4.79 Å². The number of para-hydroxylation sites is 1. The third kappa shape index (κ3) is 1.73. The van der Waals surface area contributed by atoms with Gasteiger partial charge in [-0.2, -0.15) is 0 Å². The highest BCUT2D eigenvalue weighted by Gasteiger charge is 2.24. The van der Waals surface area contributed by atoms with Crippen molar-refractivity contribution >= 4 is 21.7 Å². The van der Waals surface area contributed by atoms with Crippen LogP contribution in [0.5, 0.6) is 11.5 Å². The van der Waals surface area contributed by atoms with E-state index in [2.05, 4.69) is 12.1 Å². The third-order valence-electron chi connectivity index (χ3n) is 4.42. The first kappa shape index (κ1) is 12.5. The van der Waals surface area contributed by atoms with E-state index in [1.807, 2.05) is 42.5 Å². The van der Waals surface area contributed by atoms with E-state index in [1.165, 1.54) is 0 Å². The van der Waals surface area contributed by atoms with Crippen molar-refractivity contribution in [3.63, 3.8) is 0 Å². The predicted octanol–water partition coefficient (Wildman–Crippen LogP) is 4.64. The van der Waals surface area contributed by atoms with Gasteiger partial charge in [0.15, 0.2) is 0 Å². The van der Waals surface area contributed by atoms with Crippen molar-refractivity contribution in [2.75, 3.05) is 0 Å². The van der Waals surface area contributed by atoms with Crippen molar-refractivity contribution in [2.24, 2.45) is 0 Å². The highest BCUT2D eigenvalue weighted by Crippen LogP contribution is 2.41. The van der Waals surface area contributed by atoms with E-state index in [4.69, 9.17) is 9.15 Å². The summed E-state index contributed by atoms with van der Waals surface area (Å²) in [6.07, 6.45) is 0.527. The fraction of sp³-hybridized carbons (Fsp3) is 0.0500. The standard InChI is InChI=1S/C20H12O3/c21-20-16-11-15-13-6-2-1-5-12(13)9-10-18(15)22-19(16)14-7-3-4-8-17(14)23-20/h1-10H,11H2. The van der Waals surface area contributed by atoms with Crippen LogP contribution in [-0.2, 0) is 6.42 Å². The van der Waals surface area contributed by atoms with Crippen LogP contribution in [-0.4, -0.2) is 0 Å². The lowest BCUT2D eigenvalue weighted by atomic mass is 9.95. The maximum Gasteiger partial charge on any atom is 0.343 e. The molecule has 0 unspecified atom stereocenters. The van der Waals surface area contributed by atoms with E-state index >= 15 is 0 Å². The Bertz CT molecular complexity index is 1140. The zero-order valence-electron chi connectivity index (χ0n) is 12.2. The zero-order valence-corrected chi connectivity index (χ0v) is 12.2. The molecule has 0 atom stereocenters. The minimum Gasteiger partial charge on any atom is -0.456 e. The van der Waals surface area contributed by atoms with Crippen LogP contribution < -0.4 is 10.4 Å². The fourth-order valence-electron chi connectivity index (χ4n) is 3.31. The third-order valence-corrected chi connectivity index (χ3v) is 4.42. The molecule has 0 saturated carbocycles. The van der Waals surface area contributed by atoms with Crippen molar-refractivity contribution in [3.05, 3.63) is 82.2 Å². The number of benzene rings is 3. The van der Waals surface area contributed by atoms with Gasteiger partial charge in [0.2, 0.25) is 0 Å². The Morgan fingerprint density at radius 2 is 1.57 bits per heavy atom. The molecule has 3 nitrogen and oxygen atoms in total. The molecule has 5 rings (SSSR count). The summed E-state index contributed by atoms with van der Waals surface area (Å²) in [5.74, 6) is 1.44. The number of ether oxygens (including phenoxy) is 1. The van der Waals surface area contributed by atoms with Crippen LogP contribution in [0.4, 0.5) is 0 Å². The number of rotatable bonds is 0. The smallest absolute Gasteiger partial charge is 0.343 e. The second kappa shape index (κ2) is 4.46. The Kier molecular flexibility index (Phi) is 2.42. The molecule has 0 saturated heterocycles. The minimum atomic E-state index is -0.322. The molecule has 0 N–H and O–H groups in total. The van der Waals surface area contributed by atoms with E-state index in [9.17, 15) is 4.79 Å². The van der Waals surface area contributed by atoms with Crippen LogP contribution >= 0.6 is 0 Å². The molecule has 1 aliphatic rings. The van der Waals surface area contributed by atoms with Crippen molar-refractivity contribution < 1.29 is 9.15 Å². The Morgan fingerprint density at radius 1 is 0.783 bits per heavy atom. The van der Waals surface area contributed by atoms with Gasteiger partial charge in [0.05, 0.1) is 10.9 Å². The van der Waals surface area contributed by atoms with Crippen LogP contribution in [0.2, 0.25) is 0 Å². The molecule has 0 aliphatic carbocycles. The van der Waals surface area contributed by atoms with Crippen LogP contribution in [0.25, 0.3) is 21.7 Å². The number of fused-ring (bicyclic) bond motifs is 6. The quantitative estimate of drug-likeness (QED) is 0.391. The summed E-state index contributed by atoms with van der Waals surface area (Å²) in [6.45, 7) is 0. The first-order valence-corrected chi connectivity index (χ1v) is 7.54. The van der Waals surface area contributed by atoms with Crippen LogP contribution in [0.3, 0.4) is 0 Å². The van der Waals surface area contributed by atoms with Gasteiger partial charge in [-0.15, -0.1) is 0 Å². The van der Waals surface area contributed by atoms with Gasteiger partial charge in [-0.05, 0) is 29.0 Å². The molecular formula is C20H12O3. The summed E-state index contributed by atoms with van der Waals surface area (Å²) in [5.41, 5.74) is 1.86. The molecule has 1 aromatic heterocycles. The molecule has 2 heterocycles. The number of hydrogen-bond donors (Lipinski definition) is 0. The van der Waals surface area contributed by atoms with E-state index < -0.39 is 0 Å². The number of hydrogen-bond acceptors (Lipinski definition) is 3. The maximum absolute atomic E-state index is 12.4. The summed E-state index contributed by atoms with van der Waals surface area (Å²) in [7, 11) is 0. The second-order valence-electron chi connectivity index (χ2n) is 5.74. The van der Waals surface area contributed by atoms with E-state index in [0.29, 0.717) is 23.3 Å². The molecule has 0 radical (unpaired) electrons. The zero-order chi connectivity index (χ0) is 15.4. The lowest BCUT2D eigenvalue weighted by Gasteiger charge is -2.21. The Labute approximate surface area is 131 Å². The molecule has 0 amide bonds.